The molecule has 0 spiro atoms. The molecule has 1 aliphatic carbocycles. The van der Waals surface area contributed by atoms with Gasteiger partial charge in [-0.2, -0.15) is 21.6 Å². The van der Waals surface area contributed by atoms with Gasteiger partial charge in [0.05, 0.1) is 24.1 Å². The summed E-state index contributed by atoms with van der Waals surface area (Å²) in [5.74, 6) is -0.827. The van der Waals surface area contributed by atoms with Crippen LogP contribution >= 0.6 is 0 Å². The van der Waals surface area contributed by atoms with Crippen molar-refractivity contribution in [1.29, 1.82) is 0 Å². The van der Waals surface area contributed by atoms with Gasteiger partial charge < -0.3 is 15.0 Å². The molecular formula is C16H17F4N3O3S. The number of anilines is 2. The largest absolute Gasteiger partial charge is 0.411 e. The van der Waals surface area contributed by atoms with Gasteiger partial charge in [0.15, 0.2) is 0 Å². The highest BCUT2D eigenvalue weighted by atomic mass is 32.2. The third kappa shape index (κ3) is 3.38. The Kier molecular flexibility index (Phi) is 4.15. The van der Waals surface area contributed by atoms with Crippen molar-refractivity contribution in [1.82, 2.24) is 0 Å². The van der Waals surface area contributed by atoms with Crippen molar-refractivity contribution in [3.05, 3.63) is 17.9 Å². The maximum atomic E-state index is 14.2. The third-order valence-electron chi connectivity index (χ3n) is 4.82. The van der Waals surface area contributed by atoms with E-state index in [1.807, 2.05) is 0 Å². The van der Waals surface area contributed by atoms with Crippen LogP contribution in [0.5, 0.6) is 0 Å². The Bertz CT molecular complexity index is 912. The number of hydrogen-bond donors (Lipinski definition) is 1. The van der Waals surface area contributed by atoms with Crippen LogP contribution < -0.4 is 10.2 Å². The molecule has 0 bridgehead atoms. The lowest BCUT2D eigenvalue weighted by Gasteiger charge is -2.42. The number of fused-ring (bicyclic) bond motifs is 1. The van der Waals surface area contributed by atoms with Crippen LogP contribution in [0.3, 0.4) is 0 Å². The predicted molar refractivity (Wildman–Crippen MR) is 90.0 cm³/mol. The molecule has 27 heavy (non-hydrogen) atoms. The summed E-state index contributed by atoms with van der Waals surface area (Å²) in [5.41, 5.74) is -0.212. The van der Waals surface area contributed by atoms with Crippen molar-refractivity contribution < 1.29 is 30.7 Å². The van der Waals surface area contributed by atoms with Gasteiger partial charge in [-0.15, -0.1) is 4.40 Å². The van der Waals surface area contributed by atoms with Gasteiger partial charge in [0.2, 0.25) is 0 Å². The van der Waals surface area contributed by atoms with Gasteiger partial charge in [-0.3, -0.25) is 0 Å². The molecule has 1 aromatic rings. The highest BCUT2D eigenvalue weighted by Crippen LogP contribution is 2.43. The normalized spacial score (nSPS) is 27.6. The highest BCUT2D eigenvalue weighted by Gasteiger charge is 2.48. The highest BCUT2D eigenvalue weighted by molar-refractivity contribution is 7.90. The first-order valence-electron chi connectivity index (χ1n) is 8.46. The van der Waals surface area contributed by atoms with Gasteiger partial charge in [0, 0.05) is 12.5 Å². The number of morpholine rings is 1. The summed E-state index contributed by atoms with van der Waals surface area (Å²) in [7, 11) is -4.20. The molecule has 2 heterocycles. The maximum Gasteiger partial charge on any atom is 0.411 e. The predicted octanol–water partition coefficient (Wildman–Crippen LogP) is 2.90. The van der Waals surface area contributed by atoms with Crippen LogP contribution in [0, 0.1) is 11.7 Å². The smallest absolute Gasteiger partial charge is 0.374 e. The zero-order chi connectivity index (χ0) is 19.6. The second-order valence-corrected chi connectivity index (χ2v) is 8.58. The molecule has 1 saturated heterocycles. The number of hydrogen-bond acceptors (Lipinski definition) is 5. The third-order valence-corrected chi connectivity index (χ3v) is 6.13. The summed E-state index contributed by atoms with van der Waals surface area (Å²) in [6.07, 6.45) is -3.67. The molecule has 3 aliphatic rings. The first-order valence-corrected chi connectivity index (χ1v) is 9.90. The molecule has 0 aromatic heterocycles. The van der Waals surface area contributed by atoms with Crippen LogP contribution in [0.15, 0.2) is 21.4 Å². The fraction of sp³-hybridized carbons (Fsp3) is 0.562. The molecule has 0 radical (unpaired) electrons. The lowest BCUT2D eigenvalue weighted by Crippen LogP contribution is -2.56. The van der Waals surface area contributed by atoms with E-state index in [1.165, 1.54) is 0 Å². The number of amidine groups is 1. The number of ether oxygens (including phenoxy) is 1. The molecule has 4 rings (SSSR count). The van der Waals surface area contributed by atoms with Gasteiger partial charge in [-0.1, -0.05) is 0 Å². The molecular weight excluding hydrogens is 390 g/mol. The second-order valence-electron chi connectivity index (χ2n) is 7.00. The summed E-state index contributed by atoms with van der Waals surface area (Å²) in [6.45, 7) is 0.830. The van der Waals surface area contributed by atoms with Crippen molar-refractivity contribution in [2.75, 3.05) is 23.4 Å². The van der Waals surface area contributed by atoms with E-state index in [9.17, 15) is 26.0 Å². The number of rotatable bonds is 2. The van der Waals surface area contributed by atoms with Gasteiger partial charge in [-0.05, 0) is 31.9 Å². The van der Waals surface area contributed by atoms with Gasteiger partial charge in [0.25, 0.3) is 10.0 Å². The van der Waals surface area contributed by atoms with Crippen LogP contribution in [0.25, 0.3) is 0 Å². The summed E-state index contributed by atoms with van der Waals surface area (Å²) >= 11 is 0. The minimum atomic E-state index is -4.62. The van der Waals surface area contributed by atoms with Crippen molar-refractivity contribution in [2.45, 2.75) is 43.0 Å². The number of benzene rings is 1. The quantitative estimate of drug-likeness (QED) is 0.764. The molecule has 1 saturated carbocycles. The topological polar surface area (TPSA) is 71.0 Å². The van der Waals surface area contributed by atoms with Gasteiger partial charge in [-0.25, -0.2) is 4.39 Å². The fourth-order valence-corrected chi connectivity index (χ4v) is 4.55. The number of sulfonamides is 1. The Morgan fingerprint density at radius 1 is 1.30 bits per heavy atom. The van der Waals surface area contributed by atoms with Gasteiger partial charge in [0.1, 0.15) is 22.6 Å². The van der Waals surface area contributed by atoms with E-state index in [2.05, 4.69) is 9.71 Å². The Morgan fingerprint density at radius 3 is 2.63 bits per heavy atom. The van der Waals surface area contributed by atoms with E-state index in [0.29, 0.717) is 0 Å². The van der Waals surface area contributed by atoms with E-state index < -0.39 is 45.7 Å². The Morgan fingerprint density at radius 2 is 2.00 bits per heavy atom. The minimum Gasteiger partial charge on any atom is -0.374 e. The average Bonchev–Trinajstić information content (AvgIpc) is 3.38. The lowest BCUT2D eigenvalue weighted by molar-refractivity contribution is -0.173. The second kappa shape index (κ2) is 6.06. The Hall–Kier alpha value is -1.88. The van der Waals surface area contributed by atoms with Crippen LogP contribution in [0.2, 0.25) is 0 Å². The summed E-state index contributed by atoms with van der Waals surface area (Å²) in [6, 6.07) is -0.304. The molecule has 2 atom stereocenters. The monoisotopic (exact) mass is 407 g/mol. The Balaban J connectivity index is 1.86. The van der Waals surface area contributed by atoms with E-state index in [0.717, 1.165) is 29.9 Å². The van der Waals surface area contributed by atoms with E-state index in [4.69, 9.17) is 4.74 Å². The van der Waals surface area contributed by atoms with E-state index in [1.54, 1.807) is 6.92 Å². The molecule has 1 N–H and O–H groups in total. The summed E-state index contributed by atoms with van der Waals surface area (Å²) in [4.78, 5) is 0.510. The fourth-order valence-electron chi connectivity index (χ4n) is 3.33. The van der Waals surface area contributed by atoms with E-state index in [-0.39, 0.29) is 29.7 Å². The number of nitrogens with one attached hydrogen (secondary N) is 1. The van der Waals surface area contributed by atoms with Crippen molar-refractivity contribution in [3.8, 4) is 0 Å². The van der Waals surface area contributed by atoms with Crippen molar-refractivity contribution in [2.24, 2.45) is 10.3 Å². The standard InChI is InChI=1S/C16H17F4N3O3S/c1-8-6-23(13(7-26-8)16(18,19)20)11-4-10(17)5-12-14(11)21-15(9-2-3-9)22-27(12,24)25/h4-5,8-9,13H,2-3,6-7H2,1H3,(H,21,22)/t8-,13+/m1/s1. The number of halogens is 4. The first kappa shape index (κ1) is 18.5. The molecule has 6 nitrogen and oxygen atoms in total. The molecule has 2 aliphatic heterocycles. The van der Waals surface area contributed by atoms with Crippen LogP contribution in [0.1, 0.15) is 19.8 Å². The van der Waals surface area contributed by atoms with Crippen LogP contribution in [-0.2, 0) is 14.8 Å². The van der Waals surface area contributed by atoms with Crippen molar-refractivity contribution in [3.63, 3.8) is 0 Å². The molecule has 11 heteroatoms. The van der Waals surface area contributed by atoms with Gasteiger partial charge >= 0.3 is 6.18 Å². The summed E-state index contributed by atoms with van der Waals surface area (Å²) < 4.78 is 88.5. The maximum absolute atomic E-state index is 14.2. The Labute approximate surface area is 153 Å². The average molecular weight is 407 g/mol. The zero-order valence-corrected chi connectivity index (χ0v) is 15.1. The molecule has 0 unspecified atom stereocenters. The molecule has 2 fully saturated rings. The minimum absolute atomic E-state index is 0.0587. The zero-order valence-electron chi connectivity index (χ0n) is 14.3. The number of nitrogens with zero attached hydrogens (tertiary/aromatic N) is 2. The van der Waals surface area contributed by atoms with E-state index >= 15 is 0 Å². The lowest BCUT2D eigenvalue weighted by atomic mass is 10.1. The van der Waals surface area contributed by atoms with Crippen LogP contribution in [-0.4, -0.2) is 45.7 Å². The van der Waals surface area contributed by atoms with Crippen molar-refractivity contribution >= 4 is 27.2 Å². The SMILES string of the molecule is C[C@@H]1CN(c2cc(F)cc3c2NC(C2CC2)=NS3(=O)=O)[C@H](C(F)(F)F)CO1. The molecule has 1 aromatic carbocycles. The summed E-state index contributed by atoms with van der Waals surface area (Å²) in [5, 5.41) is 2.85. The van der Waals surface area contributed by atoms with Crippen LogP contribution in [0.4, 0.5) is 28.9 Å². The molecule has 0 amide bonds. The first-order chi connectivity index (χ1) is 12.6. The molecule has 148 valence electrons. The number of alkyl halides is 3.